The lowest BCUT2D eigenvalue weighted by Gasteiger charge is -2.38. The van der Waals surface area contributed by atoms with Crippen molar-refractivity contribution in [2.75, 3.05) is 13.7 Å². The largest absolute Gasteiger partial charge is 0.385 e. The van der Waals surface area contributed by atoms with Crippen molar-refractivity contribution >= 4 is 0 Å². The molecule has 0 aliphatic carbocycles. The van der Waals surface area contributed by atoms with Gasteiger partial charge in [0.05, 0.1) is 0 Å². The van der Waals surface area contributed by atoms with Gasteiger partial charge < -0.3 is 10.5 Å². The lowest BCUT2D eigenvalue weighted by Crippen LogP contribution is -2.44. The summed E-state index contributed by atoms with van der Waals surface area (Å²) >= 11 is 0. The summed E-state index contributed by atoms with van der Waals surface area (Å²) in [6, 6.07) is 10.9. The highest BCUT2D eigenvalue weighted by atomic mass is 16.5. The van der Waals surface area contributed by atoms with Gasteiger partial charge in [-0.15, -0.1) is 0 Å². The van der Waals surface area contributed by atoms with E-state index >= 15 is 0 Å². The maximum atomic E-state index is 6.49. The number of methoxy groups -OCH3 is 1. The quantitative estimate of drug-likeness (QED) is 0.716. The van der Waals surface area contributed by atoms with Crippen LogP contribution in [0.25, 0.3) is 0 Å². The second kappa shape index (κ2) is 7.55. The maximum Gasteiger partial charge on any atom is 0.0462 e. The number of nitrogens with two attached hydrogens (primary N) is 1. The van der Waals surface area contributed by atoms with Crippen molar-refractivity contribution in [3.05, 3.63) is 35.9 Å². The maximum absolute atomic E-state index is 6.49. The van der Waals surface area contributed by atoms with Gasteiger partial charge in [0.2, 0.25) is 0 Å². The first-order valence-corrected chi connectivity index (χ1v) is 7.01. The van der Waals surface area contributed by atoms with Crippen LogP contribution < -0.4 is 5.73 Å². The van der Waals surface area contributed by atoms with Gasteiger partial charge in [-0.2, -0.15) is 0 Å². The molecule has 0 amide bonds. The summed E-state index contributed by atoms with van der Waals surface area (Å²) in [6.45, 7) is 5.28. The molecule has 0 radical (unpaired) electrons. The third-order valence-corrected chi connectivity index (χ3v) is 4.18. The molecule has 18 heavy (non-hydrogen) atoms. The summed E-state index contributed by atoms with van der Waals surface area (Å²) < 4.78 is 5.12. The number of benzene rings is 1. The van der Waals surface area contributed by atoms with Crippen molar-refractivity contribution in [2.45, 2.75) is 51.0 Å². The highest BCUT2D eigenvalue weighted by Gasteiger charge is 2.34. The number of rotatable bonds is 8. The molecule has 0 saturated carbocycles. The Balaban J connectivity index is 2.86. The third kappa shape index (κ3) is 3.33. The number of hydrogen-bond donors (Lipinski definition) is 1. The molecule has 1 atom stereocenters. The second-order valence-corrected chi connectivity index (χ2v) is 4.97. The van der Waals surface area contributed by atoms with Gasteiger partial charge in [-0.05, 0) is 31.2 Å². The van der Waals surface area contributed by atoms with Crippen molar-refractivity contribution in [1.29, 1.82) is 0 Å². The molecule has 2 heteroatoms. The van der Waals surface area contributed by atoms with E-state index in [4.69, 9.17) is 10.5 Å². The van der Waals surface area contributed by atoms with E-state index in [0.717, 1.165) is 32.3 Å². The van der Waals surface area contributed by atoms with E-state index in [1.54, 1.807) is 7.11 Å². The van der Waals surface area contributed by atoms with Gasteiger partial charge in [0.25, 0.3) is 0 Å². The van der Waals surface area contributed by atoms with E-state index in [0.29, 0.717) is 0 Å². The average Bonchev–Trinajstić information content (AvgIpc) is 2.42. The Kier molecular flexibility index (Phi) is 6.37. The lowest BCUT2D eigenvalue weighted by atomic mass is 9.69. The van der Waals surface area contributed by atoms with Crippen molar-refractivity contribution in [1.82, 2.24) is 0 Å². The van der Waals surface area contributed by atoms with E-state index in [1.165, 1.54) is 5.56 Å². The molecule has 0 saturated heterocycles. The topological polar surface area (TPSA) is 35.2 Å². The molecule has 1 unspecified atom stereocenters. The van der Waals surface area contributed by atoms with E-state index in [-0.39, 0.29) is 11.5 Å². The van der Waals surface area contributed by atoms with Crippen molar-refractivity contribution < 1.29 is 4.74 Å². The van der Waals surface area contributed by atoms with E-state index in [1.807, 2.05) is 0 Å². The zero-order valence-corrected chi connectivity index (χ0v) is 12.0. The summed E-state index contributed by atoms with van der Waals surface area (Å²) in [5, 5.41) is 0. The summed E-state index contributed by atoms with van der Waals surface area (Å²) in [4.78, 5) is 0. The summed E-state index contributed by atoms with van der Waals surface area (Å²) in [5.41, 5.74) is 7.97. The molecule has 1 aromatic carbocycles. The van der Waals surface area contributed by atoms with Gasteiger partial charge in [-0.3, -0.25) is 0 Å². The number of ether oxygens (including phenoxy) is 1. The van der Waals surface area contributed by atoms with Crippen LogP contribution in [0.1, 0.15) is 45.1 Å². The summed E-state index contributed by atoms with van der Waals surface area (Å²) in [5.74, 6) is 0. The molecule has 2 N–H and O–H groups in total. The van der Waals surface area contributed by atoms with E-state index in [2.05, 4.69) is 44.2 Å². The van der Waals surface area contributed by atoms with Crippen LogP contribution >= 0.6 is 0 Å². The van der Waals surface area contributed by atoms with Crippen molar-refractivity contribution in [3.63, 3.8) is 0 Å². The highest BCUT2D eigenvalue weighted by Crippen LogP contribution is 2.35. The molecule has 1 rings (SSSR count). The normalized spacial score (nSPS) is 13.6. The first-order valence-electron chi connectivity index (χ1n) is 7.01. The van der Waals surface area contributed by atoms with Crippen LogP contribution in [-0.4, -0.2) is 19.8 Å². The fraction of sp³-hybridized carbons (Fsp3) is 0.625. The Hall–Kier alpha value is -0.860. The Morgan fingerprint density at radius 3 is 2.28 bits per heavy atom. The fourth-order valence-corrected chi connectivity index (χ4v) is 2.89. The van der Waals surface area contributed by atoms with Gasteiger partial charge in [0.1, 0.15) is 0 Å². The zero-order chi connectivity index (χ0) is 13.4. The molecule has 0 aromatic heterocycles. The minimum Gasteiger partial charge on any atom is -0.385 e. The molecule has 0 aliphatic heterocycles. The molecule has 0 fully saturated rings. The van der Waals surface area contributed by atoms with Crippen LogP contribution in [0.2, 0.25) is 0 Å². The number of hydrogen-bond acceptors (Lipinski definition) is 2. The summed E-state index contributed by atoms with van der Waals surface area (Å²) in [6.07, 6.45) is 4.22. The van der Waals surface area contributed by atoms with Crippen LogP contribution in [0, 0.1) is 0 Å². The van der Waals surface area contributed by atoms with Crippen LogP contribution in [0.4, 0.5) is 0 Å². The fourth-order valence-electron chi connectivity index (χ4n) is 2.89. The lowest BCUT2D eigenvalue weighted by molar-refractivity contribution is 0.182. The Morgan fingerprint density at radius 1 is 1.17 bits per heavy atom. The third-order valence-electron chi connectivity index (χ3n) is 4.18. The predicted octanol–water partition coefficient (Wildman–Crippen LogP) is 3.50. The van der Waals surface area contributed by atoms with Gasteiger partial charge in [-0.25, -0.2) is 0 Å². The van der Waals surface area contributed by atoms with Crippen LogP contribution in [0.5, 0.6) is 0 Å². The molecule has 2 nitrogen and oxygen atoms in total. The van der Waals surface area contributed by atoms with Gasteiger partial charge in [0.15, 0.2) is 0 Å². The van der Waals surface area contributed by atoms with E-state index < -0.39 is 0 Å². The van der Waals surface area contributed by atoms with Crippen LogP contribution in [-0.2, 0) is 10.2 Å². The Bertz CT molecular complexity index is 319. The SMILES string of the molecule is CCC(CC)(c1ccccc1)C(N)CCCOC. The first-order chi connectivity index (χ1) is 8.71. The van der Waals surface area contributed by atoms with Crippen LogP contribution in [0.15, 0.2) is 30.3 Å². The Labute approximate surface area is 112 Å². The monoisotopic (exact) mass is 249 g/mol. The molecule has 1 aromatic rings. The predicted molar refractivity (Wildman–Crippen MR) is 77.8 cm³/mol. The molecule has 0 spiro atoms. The molecule has 0 bridgehead atoms. The zero-order valence-electron chi connectivity index (χ0n) is 12.0. The van der Waals surface area contributed by atoms with Crippen molar-refractivity contribution in [3.8, 4) is 0 Å². The molecule has 0 heterocycles. The first kappa shape index (κ1) is 15.2. The molecular weight excluding hydrogens is 222 g/mol. The standard InChI is InChI=1S/C16H27NO/c1-4-16(5-2,14-10-7-6-8-11-14)15(17)12-9-13-18-3/h6-8,10-11,15H,4-5,9,12-13,17H2,1-3H3. The summed E-state index contributed by atoms with van der Waals surface area (Å²) in [7, 11) is 1.75. The van der Waals surface area contributed by atoms with Gasteiger partial charge in [0, 0.05) is 25.2 Å². The molecule has 0 aliphatic rings. The van der Waals surface area contributed by atoms with Gasteiger partial charge >= 0.3 is 0 Å². The van der Waals surface area contributed by atoms with Crippen molar-refractivity contribution in [2.24, 2.45) is 5.73 Å². The molecular formula is C16H27NO. The minimum absolute atomic E-state index is 0.106. The van der Waals surface area contributed by atoms with Crippen LogP contribution in [0.3, 0.4) is 0 Å². The Morgan fingerprint density at radius 2 is 1.78 bits per heavy atom. The highest BCUT2D eigenvalue weighted by molar-refractivity contribution is 5.27. The molecule has 102 valence electrons. The van der Waals surface area contributed by atoms with Gasteiger partial charge in [-0.1, -0.05) is 44.2 Å². The minimum atomic E-state index is 0.106. The second-order valence-electron chi connectivity index (χ2n) is 4.97. The smallest absolute Gasteiger partial charge is 0.0462 e. The average molecular weight is 249 g/mol. The van der Waals surface area contributed by atoms with E-state index in [9.17, 15) is 0 Å².